The van der Waals surface area contributed by atoms with Crippen molar-refractivity contribution in [1.29, 1.82) is 0 Å². The van der Waals surface area contributed by atoms with Crippen LogP contribution in [0.5, 0.6) is 5.75 Å². The van der Waals surface area contributed by atoms with Gasteiger partial charge < -0.3 is 24.0 Å². The molecule has 50 heavy (non-hydrogen) atoms. The van der Waals surface area contributed by atoms with E-state index in [4.69, 9.17) is 25.8 Å². The van der Waals surface area contributed by atoms with Gasteiger partial charge in [0.2, 0.25) is 10.0 Å². The van der Waals surface area contributed by atoms with Crippen molar-refractivity contribution in [2.24, 2.45) is 23.2 Å². The summed E-state index contributed by atoms with van der Waals surface area (Å²) in [4.78, 5) is 18.2. The Hall–Kier alpha value is -2.37. The van der Waals surface area contributed by atoms with Crippen LogP contribution in [0.3, 0.4) is 0 Å². The minimum absolute atomic E-state index is 0.0298. The molecule has 2 bridgehead atoms. The average molecular weight is 728 g/mol. The molecule has 7 rings (SSSR count). The summed E-state index contributed by atoms with van der Waals surface area (Å²) in [5.41, 5.74) is 3.41. The smallest absolute Gasteiger partial charge is 0.264 e. The number of fused-ring (bicyclic) bond motifs is 4. The molecule has 1 unspecified atom stereocenters. The standard InChI is InChI=1S/C39H54ClN3O6S/c1-25-8-6-10-31(37-47-21-30(49-37)20-42(4)5)33-15-17-38(33,3)22-43-23-39(16-7-9-27-18-29(40)12-13-32(27)39)24-48-35-14-11-28(19-34(35)43)36(44)41-50(45,46)26(25)2/h11-14,18-19,25-26,30-31,33,37H,6-10,15-17,20-24H2,1-5H3,(H,41,44)/t25-,26+,30+,31+,33-,37+,38?,39-/m0/s1. The monoisotopic (exact) mass is 727 g/mol. The maximum Gasteiger partial charge on any atom is 0.264 e. The molecule has 1 saturated carbocycles. The number of amides is 1. The fourth-order valence-electron chi connectivity index (χ4n) is 9.62. The highest BCUT2D eigenvalue weighted by molar-refractivity contribution is 7.90. The third kappa shape index (κ3) is 6.92. The minimum atomic E-state index is -3.91. The Kier molecular flexibility index (Phi) is 10.00. The topological polar surface area (TPSA) is 97.4 Å². The number of benzene rings is 2. The number of hydrogen-bond donors (Lipinski definition) is 1. The summed E-state index contributed by atoms with van der Waals surface area (Å²) in [5.74, 6) is 0.533. The second-order valence-electron chi connectivity index (χ2n) is 16.5. The van der Waals surface area contributed by atoms with E-state index in [0.717, 1.165) is 87.5 Å². The van der Waals surface area contributed by atoms with Gasteiger partial charge in [-0.2, -0.15) is 0 Å². The first-order chi connectivity index (χ1) is 23.8. The lowest BCUT2D eigenvalue weighted by atomic mass is 9.55. The molecule has 11 heteroatoms. The van der Waals surface area contributed by atoms with E-state index in [1.165, 1.54) is 11.1 Å². The second-order valence-corrected chi connectivity index (χ2v) is 19.0. The lowest BCUT2D eigenvalue weighted by molar-refractivity contribution is -0.150. The maximum absolute atomic E-state index is 13.6. The van der Waals surface area contributed by atoms with Crippen molar-refractivity contribution in [2.75, 3.05) is 51.8 Å². The van der Waals surface area contributed by atoms with Crippen LogP contribution in [0, 0.1) is 23.2 Å². The van der Waals surface area contributed by atoms with E-state index >= 15 is 0 Å². The molecule has 9 nitrogen and oxygen atoms in total. The fourth-order valence-corrected chi connectivity index (χ4v) is 11.1. The van der Waals surface area contributed by atoms with Gasteiger partial charge in [-0.25, -0.2) is 13.1 Å². The fraction of sp³-hybridized carbons (Fsp3) is 0.667. The number of likely N-dealkylation sites (N-methyl/N-ethyl adjacent to an activating group) is 1. The highest BCUT2D eigenvalue weighted by Crippen LogP contribution is 2.55. The molecule has 1 saturated heterocycles. The molecule has 2 aliphatic carbocycles. The Bertz CT molecular complexity index is 1700. The first-order valence-electron chi connectivity index (χ1n) is 18.6. The average Bonchev–Trinajstić information content (AvgIpc) is 3.46. The van der Waals surface area contributed by atoms with Crippen LogP contribution in [0.4, 0.5) is 5.69 Å². The quantitative estimate of drug-likeness (QED) is 0.387. The zero-order chi connectivity index (χ0) is 35.4. The van der Waals surface area contributed by atoms with Crippen molar-refractivity contribution in [1.82, 2.24) is 9.62 Å². The van der Waals surface area contributed by atoms with Gasteiger partial charge in [0.1, 0.15) is 5.75 Å². The summed E-state index contributed by atoms with van der Waals surface area (Å²) < 4.78 is 49.2. The molecule has 5 aliphatic rings. The predicted molar refractivity (Wildman–Crippen MR) is 197 cm³/mol. The van der Waals surface area contributed by atoms with Crippen molar-refractivity contribution >= 4 is 33.2 Å². The van der Waals surface area contributed by atoms with E-state index in [1.54, 1.807) is 13.0 Å². The van der Waals surface area contributed by atoms with Crippen LogP contribution in [-0.4, -0.2) is 83.8 Å². The molecule has 1 spiro atoms. The summed E-state index contributed by atoms with van der Waals surface area (Å²) in [5, 5.41) is 0.0219. The second kappa shape index (κ2) is 13.9. The van der Waals surface area contributed by atoms with Gasteiger partial charge in [-0.3, -0.25) is 4.79 Å². The molecule has 3 aliphatic heterocycles. The molecule has 2 fully saturated rings. The minimum Gasteiger partial charge on any atom is -0.490 e. The van der Waals surface area contributed by atoms with Crippen molar-refractivity contribution in [3.8, 4) is 5.75 Å². The number of aryl methyl sites for hydroxylation is 1. The number of ether oxygens (including phenoxy) is 3. The Morgan fingerprint density at radius 1 is 1.04 bits per heavy atom. The lowest BCUT2D eigenvalue weighted by Gasteiger charge is -2.54. The van der Waals surface area contributed by atoms with E-state index in [-0.39, 0.29) is 35.1 Å². The van der Waals surface area contributed by atoms with Gasteiger partial charge in [0, 0.05) is 41.6 Å². The van der Waals surface area contributed by atoms with Crippen LogP contribution < -0.4 is 14.4 Å². The summed E-state index contributed by atoms with van der Waals surface area (Å²) >= 11 is 6.49. The Morgan fingerprint density at radius 2 is 1.86 bits per heavy atom. The number of carbonyl (C=O) groups excluding carboxylic acids is 1. The molecule has 3 heterocycles. The Labute approximate surface area is 303 Å². The van der Waals surface area contributed by atoms with Crippen molar-refractivity contribution < 1.29 is 27.4 Å². The van der Waals surface area contributed by atoms with Gasteiger partial charge in [0.25, 0.3) is 5.91 Å². The van der Waals surface area contributed by atoms with Gasteiger partial charge in [-0.05, 0) is 125 Å². The summed E-state index contributed by atoms with van der Waals surface area (Å²) in [7, 11) is 0.209. The highest BCUT2D eigenvalue weighted by atomic mass is 35.5. The molecule has 2 aromatic carbocycles. The predicted octanol–water partition coefficient (Wildman–Crippen LogP) is 6.42. The Balaban J connectivity index is 1.29. The van der Waals surface area contributed by atoms with Crippen molar-refractivity contribution in [3.63, 3.8) is 0 Å². The van der Waals surface area contributed by atoms with Gasteiger partial charge in [0.15, 0.2) is 6.29 Å². The molecule has 0 aromatic heterocycles. The summed E-state index contributed by atoms with van der Waals surface area (Å²) in [6.45, 7) is 9.51. The first kappa shape index (κ1) is 36.0. The molecule has 274 valence electrons. The van der Waals surface area contributed by atoms with Gasteiger partial charge in [0.05, 0.1) is 30.3 Å². The first-order valence-corrected chi connectivity index (χ1v) is 20.5. The van der Waals surface area contributed by atoms with Crippen LogP contribution in [-0.2, 0) is 31.3 Å². The normalized spacial score (nSPS) is 35.7. The SMILES string of the molecule is C[C@@H]1[C@@H](C)CCC[C@@H]([C@@H]2OC[C@@H](CN(C)C)O2)[C@@H]2CCC2(C)CN2C[C@@]3(CCCc4cc(Cl)ccc43)COc3ccc(cc32)C(=O)NS1(=O)=O. The third-order valence-corrected chi connectivity index (χ3v) is 14.9. The van der Waals surface area contributed by atoms with E-state index in [2.05, 4.69) is 47.7 Å². The van der Waals surface area contributed by atoms with Crippen LogP contribution in [0.25, 0.3) is 0 Å². The van der Waals surface area contributed by atoms with Crippen LogP contribution >= 0.6 is 11.6 Å². The zero-order valence-electron chi connectivity index (χ0n) is 30.3. The molecular formula is C39H54ClN3O6S. The number of hydrogen-bond acceptors (Lipinski definition) is 8. The van der Waals surface area contributed by atoms with Crippen LogP contribution in [0.15, 0.2) is 36.4 Å². The van der Waals surface area contributed by atoms with Gasteiger partial charge >= 0.3 is 0 Å². The van der Waals surface area contributed by atoms with Gasteiger partial charge in [-0.1, -0.05) is 37.9 Å². The number of nitrogens with one attached hydrogen (secondary N) is 1. The number of halogens is 1. The number of rotatable bonds is 3. The molecule has 8 atom stereocenters. The summed E-state index contributed by atoms with van der Waals surface area (Å²) in [6.07, 6.45) is 7.41. The van der Waals surface area contributed by atoms with E-state index in [9.17, 15) is 13.2 Å². The molecular weight excluding hydrogens is 674 g/mol. The number of anilines is 1. The van der Waals surface area contributed by atoms with Crippen molar-refractivity contribution in [2.45, 2.75) is 95.2 Å². The third-order valence-electron chi connectivity index (χ3n) is 12.7. The van der Waals surface area contributed by atoms with E-state index < -0.39 is 21.2 Å². The van der Waals surface area contributed by atoms with Crippen LogP contribution in [0.1, 0.15) is 87.2 Å². The van der Waals surface area contributed by atoms with Gasteiger partial charge in [-0.15, -0.1) is 0 Å². The lowest BCUT2D eigenvalue weighted by Crippen LogP contribution is -2.54. The van der Waals surface area contributed by atoms with Crippen molar-refractivity contribution in [3.05, 3.63) is 58.1 Å². The molecule has 2 aromatic rings. The molecule has 1 amide bonds. The maximum atomic E-state index is 13.6. The van der Waals surface area contributed by atoms with Crippen LogP contribution in [0.2, 0.25) is 5.02 Å². The number of nitrogens with zero attached hydrogens (tertiary/aromatic N) is 2. The van der Waals surface area contributed by atoms with E-state index in [1.807, 2.05) is 25.1 Å². The Morgan fingerprint density at radius 3 is 2.62 bits per heavy atom. The highest BCUT2D eigenvalue weighted by Gasteiger charge is 2.52. The number of carbonyl (C=O) groups is 1. The largest absolute Gasteiger partial charge is 0.490 e. The van der Waals surface area contributed by atoms with E-state index in [0.29, 0.717) is 24.7 Å². The molecule has 1 N–H and O–H groups in total. The molecule has 0 radical (unpaired) electrons. The number of sulfonamides is 1. The zero-order valence-corrected chi connectivity index (χ0v) is 31.8. The summed E-state index contributed by atoms with van der Waals surface area (Å²) in [6, 6.07) is 11.7.